The number of carboxylic acid groups (broad SMARTS) is 1. The van der Waals surface area contributed by atoms with E-state index >= 15 is 0 Å². The molecule has 114 valence electrons. The number of esters is 1. The highest BCUT2D eigenvalue weighted by atomic mass is 79.9. The highest BCUT2D eigenvalue weighted by molar-refractivity contribution is 9.10. The van der Waals surface area contributed by atoms with E-state index in [1.54, 1.807) is 18.9 Å². The Kier molecular flexibility index (Phi) is 2.22. The van der Waals surface area contributed by atoms with E-state index in [9.17, 15) is 19.5 Å². The van der Waals surface area contributed by atoms with Gasteiger partial charge in [0.05, 0.1) is 21.7 Å². The number of rotatable bonds is 1. The third-order valence-electron chi connectivity index (χ3n) is 6.41. The topological polar surface area (TPSA) is 86.7 Å². The van der Waals surface area contributed by atoms with Crippen LogP contribution in [-0.4, -0.2) is 45.3 Å². The van der Waals surface area contributed by atoms with Crippen LogP contribution in [0.5, 0.6) is 0 Å². The van der Waals surface area contributed by atoms with Crippen LogP contribution < -0.4 is 5.11 Å². The summed E-state index contributed by atoms with van der Waals surface area (Å²) in [5.74, 6) is -4.73. The van der Waals surface area contributed by atoms with Gasteiger partial charge >= 0.3 is 5.97 Å². The van der Waals surface area contributed by atoms with Crippen LogP contribution >= 0.6 is 15.9 Å². The van der Waals surface area contributed by atoms with E-state index in [2.05, 4.69) is 15.9 Å². The standard InChI is InChI=1S/C14H16BrNO5/c1-12-7-6(11(20)21-12)8(10(18)19)13(16(2)9(7)17)4-3-5-14(12,13)15/h6-8H,3-5H2,1-2H3,(H,18,19)/p-1. The van der Waals surface area contributed by atoms with Crippen molar-refractivity contribution in [2.45, 2.75) is 41.7 Å². The molecule has 0 aromatic carbocycles. The molecule has 21 heavy (non-hydrogen) atoms. The number of piperidine rings is 2. The van der Waals surface area contributed by atoms with Crippen molar-refractivity contribution in [1.82, 2.24) is 4.90 Å². The smallest absolute Gasteiger partial charge is 0.311 e. The molecule has 2 saturated carbocycles. The third-order valence-corrected chi connectivity index (χ3v) is 8.28. The first kappa shape index (κ1) is 13.5. The first-order valence-electron chi connectivity index (χ1n) is 7.13. The van der Waals surface area contributed by atoms with Gasteiger partial charge in [0.15, 0.2) is 0 Å². The van der Waals surface area contributed by atoms with Crippen LogP contribution in [0.4, 0.5) is 0 Å². The molecular weight excluding hydrogens is 342 g/mol. The van der Waals surface area contributed by atoms with E-state index in [-0.39, 0.29) is 5.91 Å². The van der Waals surface area contributed by atoms with Crippen molar-refractivity contribution in [3.8, 4) is 0 Å². The average molecular weight is 357 g/mol. The Morgan fingerprint density at radius 3 is 2.71 bits per heavy atom. The molecule has 3 aliphatic heterocycles. The highest BCUT2D eigenvalue weighted by Gasteiger charge is 2.85. The Balaban J connectivity index is 2.07. The molecule has 0 N–H and O–H groups in total. The molecule has 0 aromatic rings. The lowest BCUT2D eigenvalue weighted by atomic mass is 9.50. The summed E-state index contributed by atoms with van der Waals surface area (Å²) in [6.45, 7) is 1.76. The number of amides is 1. The average Bonchev–Trinajstić information content (AvgIpc) is 2.86. The van der Waals surface area contributed by atoms with Crippen LogP contribution in [0.1, 0.15) is 26.2 Å². The van der Waals surface area contributed by atoms with Gasteiger partial charge in [-0.15, -0.1) is 0 Å². The lowest BCUT2D eigenvalue weighted by Crippen LogP contribution is -2.83. The van der Waals surface area contributed by atoms with Crippen molar-refractivity contribution in [1.29, 1.82) is 0 Å². The molecule has 5 fully saturated rings. The fourth-order valence-corrected chi connectivity index (χ4v) is 6.97. The summed E-state index contributed by atoms with van der Waals surface area (Å²) < 4.78 is 4.86. The number of alkyl halides is 1. The Labute approximate surface area is 129 Å². The molecule has 6 atom stereocenters. The van der Waals surface area contributed by atoms with Crippen LogP contribution in [0.2, 0.25) is 0 Å². The molecule has 0 radical (unpaired) electrons. The van der Waals surface area contributed by atoms with E-state index in [1.165, 1.54) is 0 Å². The number of carbonyl (C=O) groups is 3. The molecule has 1 spiro atoms. The Bertz CT molecular complexity index is 608. The van der Waals surface area contributed by atoms with E-state index in [0.29, 0.717) is 12.8 Å². The number of aliphatic carboxylic acids is 1. The molecule has 3 saturated heterocycles. The van der Waals surface area contributed by atoms with Crippen molar-refractivity contribution in [3.05, 3.63) is 0 Å². The largest absolute Gasteiger partial charge is 0.550 e. The first-order chi connectivity index (χ1) is 9.72. The Morgan fingerprint density at radius 1 is 1.43 bits per heavy atom. The summed E-state index contributed by atoms with van der Waals surface area (Å²) in [7, 11) is 1.64. The van der Waals surface area contributed by atoms with Crippen LogP contribution in [0.3, 0.4) is 0 Å². The molecule has 5 rings (SSSR count). The zero-order valence-corrected chi connectivity index (χ0v) is 13.3. The van der Waals surface area contributed by atoms with Crippen molar-refractivity contribution in [2.24, 2.45) is 17.8 Å². The zero-order valence-electron chi connectivity index (χ0n) is 11.7. The van der Waals surface area contributed by atoms with Crippen molar-refractivity contribution >= 4 is 33.8 Å². The zero-order chi connectivity index (χ0) is 15.4. The maximum absolute atomic E-state index is 12.7. The number of nitrogens with zero attached hydrogens (tertiary/aromatic N) is 1. The molecule has 6 unspecified atom stereocenters. The normalized spacial score (nSPS) is 53.9. The van der Waals surface area contributed by atoms with E-state index in [4.69, 9.17) is 4.74 Å². The van der Waals surface area contributed by atoms with Gasteiger partial charge in [0.1, 0.15) is 5.60 Å². The third kappa shape index (κ3) is 1.04. The van der Waals surface area contributed by atoms with Crippen LogP contribution in [0, 0.1) is 17.8 Å². The van der Waals surface area contributed by atoms with Gasteiger partial charge < -0.3 is 19.5 Å². The van der Waals surface area contributed by atoms with Crippen molar-refractivity contribution < 1.29 is 24.2 Å². The molecule has 6 nitrogen and oxygen atoms in total. The van der Waals surface area contributed by atoms with Gasteiger partial charge in [-0.05, 0) is 26.2 Å². The number of ether oxygens (including phenoxy) is 1. The second-order valence-corrected chi connectivity index (χ2v) is 8.16. The molecule has 2 aliphatic carbocycles. The van der Waals surface area contributed by atoms with Gasteiger partial charge in [-0.2, -0.15) is 0 Å². The van der Waals surface area contributed by atoms with E-state index in [0.717, 1.165) is 6.42 Å². The Hall–Kier alpha value is -1.11. The van der Waals surface area contributed by atoms with Crippen molar-refractivity contribution in [3.63, 3.8) is 0 Å². The van der Waals surface area contributed by atoms with Gasteiger partial charge in [0.25, 0.3) is 0 Å². The lowest BCUT2D eigenvalue weighted by Gasteiger charge is -2.67. The van der Waals surface area contributed by atoms with Gasteiger partial charge in [0, 0.05) is 18.9 Å². The minimum atomic E-state index is -1.27. The van der Waals surface area contributed by atoms with E-state index in [1.807, 2.05) is 0 Å². The number of hydrogen-bond donors (Lipinski definition) is 0. The van der Waals surface area contributed by atoms with Crippen molar-refractivity contribution in [2.75, 3.05) is 7.05 Å². The summed E-state index contributed by atoms with van der Waals surface area (Å²) in [5, 5.41) is 11.8. The summed E-state index contributed by atoms with van der Waals surface area (Å²) in [6, 6.07) is 0. The van der Waals surface area contributed by atoms with Gasteiger partial charge in [-0.1, -0.05) is 15.9 Å². The Morgan fingerprint density at radius 2 is 2.10 bits per heavy atom. The first-order valence-corrected chi connectivity index (χ1v) is 7.92. The fraction of sp³-hybridized carbons (Fsp3) is 0.786. The van der Waals surface area contributed by atoms with E-state index < -0.39 is 45.2 Å². The van der Waals surface area contributed by atoms with Gasteiger partial charge in [-0.25, -0.2) is 0 Å². The summed E-state index contributed by atoms with van der Waals surface area (Å²) in [4.78, 5) is 38.4. The predicted octanol–water partition coefficient (Wildman–Crippen LogP) is -0.558. The number of fused-ring (bicyclic) bond motifs is 1. The maximum Gasteiger partial charge on any atom is 0.311 e. The molecule has 7 heteroatoms. The summed E-state index contributed by atoms with van der Waals surface area (Å²) in [5.41, 5.74) is -1.94. The number of hydrogen-bond acceptors (Lipinski definition) is 5. The van der Waals surface area contributed by atoms with Gasteiger partial charge in [-0.3, -0.25) is 9.59 Å². The molecule has 0 aromatic heterocycles. The van der Waals surface area contributed by atoms with Gasteiger partial charge in [0.2, 0.25) is 5.91 Å². The molecule has 5 aliphatic rings. The monoisotopic (exact) mass is 356 g/mol. The molecular formula is C14H15BrNO5-. The minimum Gasteiger partial charge on any atom is -0.550 e. The molecule has 3 heterocycles. The number of carboxylic acids is 1. The number of halogens is 1. The number of carbonyl (C=O) groups excluding carboxylic acids is 3. The SMILES string of the molecule is CN1C(=O)C2C3C(=O)OC2(C)C2(Br)CCCC12C3C(=O)[O-]. The highest BCUT2D eigenvalue weighted by Crippen LogP contribution is 2.72. The predicted molar refractivity (Wildman–Crippen MR) is 71.0 cm³/mol. The second kappa shape index (κ2) is 3.45. The summed E-state index contributed by atoms with van der Waals surface area (Å²) >= 11 is 3.72. The minimum absolute atomic E-state index is 0.192. The van der Waals surface area contributed by atoms with Crippen LogP contribution in [0.25, 0.3) is 0 Å². The quantitative estimate of drug-likeness (QED) is 0.464. The summed E-state index contributed by atoms with van der Waals surface area (Å²) in [6.07, 6.45) is 1.98. The molecule has 4 bridgehead atoms. The van der Waals surface area contributed by atoms with Crippen LogP contribution in [0.15, 0.2) is 0 Å². The lowest BCUT2D eigenvalue weighted by molar-refractivity contribution is -0.322. The molecule has 1 amide bonds. The van der Waals surface area contributed by atoms with Crippen LogP contribution in [-0.2, 0) is 19.1 Å². The maximum atomic E-state index is 12.7. The fourth-order valence-electron chi connectivity index (χ4n) is 5.65. The second-order valence-electron chi connectivity index (χ2n) is 6.80.